The largest absolute Gasteiger partial charge is 0.493 e. The number of benzene rings is 1. The summed E-state index contributed by atoms with van der Waals surface area (Å²) in [5.74, 6) is 1.08. The van der Waals surface area contributed by atoms with E-state index in [-0.39, 0.29) is 0 Å². The molecule has 2 rings (SSSR count). The molecular weight excluding hydrogens is 172 g/mol. The normalized spacial score (nSPS) is 13.6. The molecule has 1 aromatic rings. The van der Waals surface area contributed by atoms with Crippen LogP contribution in [0.3, 0.4) is 0 Å². The Morgan fingerprint density at radius 2 is 2.14 bits per heavy atom. The molecule has 14 heavy (non-hydrogen) atoms. The molecule has 74 valence electrons. The molecule has 0 bridgehead atoms. The molecule has 0 unspecified atom stereocenters. The number of unbranched alkanes of at least 4 members (excludes halogenated alkanes) is 1. The Labute approximate surface area is 85.4 Å². The van der Waals surface area contributed by atoms with Gasteiger partial charge in [0.1, 0.15) is 5.76 Å². The van der Waals surface area contributed by atoms with Crippen LogP contribution in [0.4, 0.5) is 0 Å². The first kappa shape index (κ1) is 9.32. The molecule has 0 heterocycles. The van der Waals surface area contributed by atoms with Crippen molar-refractivity contribution in [2.75, 3.05) is 6.61 Å². The summed E-state index contributed by atoms with van der Waals surface area (Å²) in [5, 5.41) is 0. The van der Waals surface area contributed by atoms with Crippen LogP contribution in [0, 0.1) is 0 Å². The van der Waals surface area contributed by atoms with Crippen molar-refractivity contribution in [2.24, 2.45) is 0 Å². The van der Waals surface area contributed by atoms with Gasteiger partial charge < -0.3 is 4.74 Å². The molecule has 0 N–H and O–H groups in total. The third-order valence-corrected chi connectivity index (χ3v) is 2.55. The average molecular weight is 188 g/mol. The zero-order chi connectivity index (χ0) is 9.80. The van der Waals surface area contributed by atoms with Gasteiger partial charge in [0.2, 0.25) is 0 Å². The Kier molecular flexibility index (Phi) is 2.87. The van der Waals surface area contributed by atoms with Crippen molar-refractivity contribution in [1.29, 1.82) is 0 Å². The number of allylic oxidation sites excluding steroid dienone is 1. The van der Waals surface area contributed by atoms with Gasteiger partial charge in [-0.15, -0.1) is 0 Å². The molecule has 1 aliphatic rings. The van der Waals surface area contributed by atoms with E-state index in [0.717, 1.165) is 25.2 Å². The van der Waals surface area contributed by atoms with Gasteiger partial charge in [-0.2, -0.15) is 0 Å². The van der Waals surface area contributed by atoms with Gasteiger partial charge in [0.05, 0.1) is 6.61 Å². The van der Waals surface area contributed by atoms with Crippen molar-refractivity contribution in [3.63, 3.8) is 0 Å². The molecule has 0 amide bonds. The van der Waals surface area contributed by atoms with Crippen LogP contribution in [-0.4, -0.2) is 6.61 Å². The lowest BCUT2D eigenvalue weighted by atomic mass is 10.1. The summed E-state index contributed by atoms with van der Waals surface area (Å²) in [7, 11) is 0. The van der Waals surface area contributed by atoms with Gasteiger partial charge in [-0.1, -0.05) is 37.6 Å². The minimum atomic E-state index is 0.844. The van der Waals surface area contributed by atoms with Gasteiger partial charge >= 0.3 is 0 Å². The number of ether oxygens (including phenoxy) is 1. The predicted molar refractivity (Wildman–Crippen MR) is 59.0 cm³/mol. The molecule has 0 spiro atoms. The monoisotopic (exact) mass is 188 g/mol. The zero-order valence-electron chi connectivity index (χ0n) is 8.62. The number of hydrogen-bond donors (Lipinski definition) is 0. The van der Waals surface area contributed by atoms with E-state index < -0.39 is 0 Å². The first-order valence-corrected chi connectivity index (χ1v) is 5.33. The fraction of sp³-hybridized carbons (Fsp3) is 0.385. The van der Waals surface area contributed by atoms with Crippen LogP contribution in [-0.2, 0) is 11.2 Å². The Balaban J connectivity index is 2.02. The molecule has 0 saturated heterocycles. The second kappa shape index (κ2) is 4.32. The highest BCUT2D eigenvalue weighted by Crippen LogP contribution is 2.27. The lowest BCUT2D eigenvalue weighted by molar-refractivity contribution is 0.271. The summed E-state index contributed by atoms with van der Waals surface area (Å²) in [6.45, 7) is 3.02. The number of rotatable bonds is 4. The molecule has 0 aromatic heterocycles. The van der Waals surface area contributed by atoms with Gasteiger partial charge in [0.15, 0.2) is 0 Å². The summed E-state index contributed by atoms with van der Waals surface area (Å²) in [6.07, 6.45) is 5.53. The summed E-state index contributed by atoms with van der Waals surface area (Å²) >= 11 is 0. The molecule has 1 aliphatic carbocycles. The third-order valence-electron chi connectivity index (χ3n) is 2.55. The van der Waals surface area contributed by atoms with E-state index in [1.54, 1.807) is 0 Å². The minimum absolute atomic E-state index is 0.844. The maximum atomic E-state index is 5.73. The molecule has 0 atom stereocenters. The van der Waals surface area contributed by atoms with Crippen molar-refractivity contribution < 1.29 is 4.74 Å². The number of hydrogen-bond acceptors (Lipinski definition) is 1. The SMILES string of the molecule is CCCCOC1=CCc2ccccc21. The van der Waals surface area contributed by atoms with Crippen LogP contribution in [0.1, 0.15) is 30.9 Å². The summed E-state index contributed by atoms with van der Waals surface area (Å²) in [6, 6.07) is 8.46. The zero-order valence-corrected chi connectivity index (χ0v) is 8.62. The van der Waals surface area contributed by atoms with Crippen LogP contribution in [0.25, 0.3) is 5.76 Å². The van der Waals surface area contributed by atoms with Gasteiger partial charge in [0, 0.05) is 5.56 Å². The Bertz CT molecular complexity index is 339. The highest BCUT2D eigenvalue weighted by atomic mass is 16.5. The Morgan fingerprint density at radius 3 is 3.00 bits per heavy atom. The van der Waals surface area contributed by atoms with Gasteiger partial charge in [-0.25, -0.2) is 0 Å². The molecular formula is C13H16O. The highest BCUT2D eigenvalue weighted by Gasteiger charge is 2.13. The van der Waals surface area contributed by atoms with E-state index in [1.165, 1.54) is 17.5 Å². The molecule has 1 heteroatoms. The van der Waals surface area contributed by atoms with E-state index in [2.05, 4.69) is 37.3 Å². The Hall–Kier alpha value is -1.24. The molecule has 1 aromatic carbocycles. The molecule has 1 nitrogen and oxygen atoms in total. The van der Waals surface area contributed by atoms with Crippen molar-refractivity contribution >= 4 is 5.76 Å². The summed E-state index contributed by atoms with van der Waals surface area (Å²) in [5.41, 5.74) is 2.67. The van der Waals surface area contributed by atoms with Gasteiger partial charge in [-0.05, 0) is 24.5 Å². The minimum Gasteiger partial charge on any atom is -0.493 e. The average Bonchev–Trinajstić information content (AvgIpc) is 2.63. The smallest absolute Gasteiger partial charge is 0.123 e. The Morgan fingerprint density at radius 1 is 1.29 bits per heavy atom. The first-order chi connectivity index (χ1) is 6.92. The summed E-state index contributed by atoms with van der Waals surface area (Å²) in [4.78, 5) is 0. The van der Waals surface area contributed by atoms with Crippen LogP contribution < -0.4 is 0 Å². The van der Waals surface area contributed by atoms with E-state index in [1.807, 2.05) is 0 Å². The fourth-order valence-electron chi connectivity index (χ4n) is 1.71. The van der Waals surface area contributed by atoms with E-state index in [0.29, 0.717) is 0 Å². The lowest BCUT2D eigenvalue weighted by Crippen LogP contribution is -1.92. The molecule has 0 fully saturated rings. The standard InChI is InChI=1S/C13H16O/c1-2-3-10-14-13-9-8-11-6-4-5-7-12(11)13/h4-7,9H,2-3,8,10H2,1H3. The van der Waals surface area contributed by atoms with Gasteiger partial charge in [-0.3, -0.25) is 0 Å². The second-order valence-electron chi connectivity index (χ2n) is 3.63. The van der Waals surface area contributed by atoms with E-state index >= 15 is 0 Å². The van der Waals surface area contributed by atoms with Crippen molar-refractivity contribution in [3.05, 3.63) is 41.5 Å². The van der Waals surface area contributed by atoms with Gasteiger partial charge in [0.25, 0.3) is 0 Å². The number of fused-ring (bicyclic) bond motifs is 1. The van der Waals surface area contributed by atoms with Crippen LogP contribution in [0.15, 0.2) is 30.3 Å². The quantitative estimate of drug-likeness (QED) is 0.658. The molecule has 0 radical (unpaired) electrons. The maximum Gasteiger partial charge on any atom is 0.123 e. The second-order valence-corrected chi connectivity index (χ2v) is 3.63. The molecule has 0 saturated carbocycles. The van der Waals surface area contributed by atoms with E-state index in [9.17, 15) is 0 Å². The van der Waals surface area contributed by atoms with Crippen LogP contribution in [0.5, 0.6) is 0 Å². The van der Waals surface area contributed by atoms with Crippen molar-refractivity contribution in [3.8, 4) is 0 Å². The third kappa shape index (κ3) is 1.82. The highest BCUT2D eigenvalue weighted by molar-refractivity contribution is 5.68. The first-order valence-electron chi connectivity index (χ1n) is 5.33. The van der Waals surface area contributed by atoms with Crippen molar-refractivity contribution in [2.45, 2.75) is 26.2 Å². The van der Waals surface area contributed by atoms with E-state index in [4.69, 9.17) is 4.74 Å². The molecule has 0 aliphatic heterocycles. The fourth-order valence-corrected chi connectivity index (χ4v) is 1.71. The van der Waals surface area contributed by atoms with Crippen LogP contribution >= 0.6 is 0 Å². The lowest BCUT2D eigenvalue weighted by Gasteiger charge is -2.07. The van der Waals surface area contributed by atoms with Crippen LogP contribution in [0.2, 0.25) is 0 Å². The maximum absolute atomic E-state index is 5.73. The summed E-state index contributed by atoms with van der Waals surface area (Å²) < 4.78 is 5.73. The van der Waals surface area contributed by atoms with Crippen molar-refractivity contribution in [1.82, 2.24) is 0 Å². The topological polar surface area (TPSA) is 9.23 Å². The predicted octanol–water partition coefficient (Wildman–Crippen LogP) is 3.40.